The van der Waals surface area contributed by atoms with Gasteiger partial charge in [-0.3, -0.25) is 10.1 Å². The Kier molecular flexibility index (Phi) is 3.90. The van der Waals surface area contributed by atoms with Crippen molar-refractivity contribution < 1.29 is 21.9 Å². The van der Waals surface area contributed by atoms with E-state index in [1.54, 1.807) is 0 Å². The van der Waals surface area contributed by atoms with Crippen LogP contribution in [-0.4, -0.2) is 13.3 Å². The van der Waals surface area contributed by atoms with Crippen LogP contribution in [0, 0.1) is 22.9 Å². The van der Waals surface area contributed by atoms with E-state index in [9.17, 15) is 22.9 Å². The minimum atomic E-state index is -4.35. The molecule has 110 valence electrons. The van der Waals surface area contributed by atoms with E-state index in [0.29, 0.717) is 5.56 Å². The fraction of sp³-hybridized carbons (Fsp3) is 0.0769. The molecule has 0 aliphatic carbocycles. The van der Waals surface area contributed by atoms with Crippen molar-refractivity contribution in [3.8, 4) is 5.75 Å². The summed E-state index contributed by atoms with van der Waals surface area (Å²) < 4.78 is 42.1. The molecule has 21 heavy (non-hydrogen) atoms. The minimum Gasteiger partial charge on any atom is -0.376 e. The monoisotopic (exact) mass is 311 g/mol. The molecule has 8 heteroatoms. The van der Waals surface area contributed by atoms with Crippen LogP contribution in [0.15, 0.2) is 47.4 Å². The lowest BCUT2D eigenvalue weighted by Crippen LogP contribution is -2.11. The molecule has 0 amide bonds. The van der Waals surface area contributed by atoms with E-state index in [0.717, 1.165) is 18.2 Å². The van der Waals surface area contributed by atoms with Crippen LogP contribution < -0.4 is 4.18 Å². The topological polar surface area (TPSA) is 86.5 Å². The van der Waals surface area contributed by atoms with Crippen molar-refractivity contribution in [3.05, 3.63) is 64.0 Å². The summed E-state index contributed by atoms with van der Waals surface area (Å²) in [5.41, 5.74) is -0.0435. The van der Waals surface area contributed by atoms with E-state index >= 15 is 0 Å². The summed E-state index contributed by atoms with van der Waals surface area (Å²) in [7, 11) is -4.35. The molecule has 0 bridgehead atoms. The Morgan fingerprint density at radius 2 is 1.86 bits per heavy atom. The van der Waals surface area contributed by atoms with Crippen LogP contribution in [0.2, 0.25) is 0 Å². The van der Waals surface area contributed by atoms with Crippen molar-refractivity contribution in [1.29, 1.82) is 0 Å². The first-order valence-electron chi connectivity index (χ1n) is 5.75. The number of halogens is 1. The Balaban J connectivity index is 2.43. The van der Waals surface area contributed by atoms with Crippen LogP contribution in [0.4, 0.5) is 10.1 Å². The third-order valence-corrected chi connectivity index (χ3v) is 3.93. The predicted octanol–water partition coefficient (Wildman–Crippen LogP) is 2.81. The van der Waals surface area contributed by atoms with Gasteiger partial charge in [-0.25, -0.2) is 4.39 Å². The number of aryl methyl sites for hydroxylation is 1. The second-order valence-electron chi connectivity index (χ2n) is 4.17. The largest absolute Gasteiger partial charge is 0.376 e. The first-order valence-corrected chi connectivity index (χ1v) is 7.16. The summed E-state index contributed by atoms with van der Waals surface area (Å²) in [6.45, 7) is 1.48. The smallest absolute Gasteiger partial charge is 0.339 e. The van der Waals surface area contributed by atoms with Crippen LogP contribution in [-0.2, 0) is 10.1 Å². The highest BCUT2D eigenvalue weighted by atomic mass is 32.2. The van der Waals surface area contributed by atoms with Crippen LogP contribution >= 0.6 is 0 Å². The Morgan fingerprint density at radius 1 is 1.19 bits per heavy atom. The van der Waals surface area contributed by atoms with Gasteiger partial charge in [0.15, 0.2) is 11.6 Å². The van der Waals surface area contributed by atoms with Crippen molar-refractivity contribution in [2.24, 2.45) is 0 Å². The number of hydrogen-bond acceptors (Lipinski definition) is 5. The van der Waals surface area contributed by atoms with E-state index in [1.165, 1.54) is 31.2 Å². The predicted molar refractivity (Wildman–Crippen MR) is 72.0 cm³/mol. The maximum absolute atomic E-state index is 13.4. The van der Waals surface area contributed by atoms with E-state index in [1.807, 2.05) is 0 Å². The second-order valence-corrected chi connectivity index (χ2v) is 5.72. The summed E-state index contributed by atoms with van der Waals surface area (Å²) >= 11 is 0. The van der Waals surface area contributed by atoms with Gasteiger partial charge < -0.3 is 4.18 Å². The lowest BCUT2D eigenvalue weighted by atomic mass is 10.2. The molecule has 0 saturated heterocycles. The molecule has 0 aromatic heterocycles. The highest BCUT2D eigenvalue weighted by Crippen LogP contribution is 2.25. The quantitative estimate of drug-likeness (QED) is 0.492. The highest BCUT2D eigenvalue weighted by Gasteiger charge is 2.22. The molecule has 0 N–H and O–H groups in total. The lowest BCUT2D eigenvalue weighted by molar-refractivity contribution is -0.385. The molecule has 0 heterocycles. The van der Waals surface area contributed by atoms with Crippen molar-refractivity contribution in [2.45, 2.75) is 11.8 Å². The van der Waals surface area contributed by atoms with Gasteiger partial charge in [-0.15, -0.1) is 0 Å². The summed E-state index contributed by atoms with van der Waals surface area (Å²) in [6, 6.07) is 8.31. The Hall–Kier alpha value is -2.48. The maximum atomic E-state index is 13.4. The molecule has 2 aromatic carbocycles. The normalized spacial score (nSPS) is 11.1. The summed E-state index contributed by atoms with van der Waals surface area (Å²) in [4.78, 5) is 9.71. The average molecular weight is 311 g/mol. The van der Waals surface area contributed by atoms with Crippen LogP contribution in [0.3, 0.4) is 0 Å². The van der Waals surface area contributed by atoms with Crippen LogP contribution in [0.5, 0.6) is 5.75 Å². The van der Waals surface area contributed by atoms with Crippen molar-refractivity contribution in [1.82, 2.24) is 0 Å². The number of nitrogens with zero attached hydrogens (tertiary/aromatic N) is 1. The number of benzene rings is 2. The van der Waals surface area contributed by atoms with Gasteiger partial charge in [-0.05, 0) is 25.1 Å². The first-order chi connectivity index (χ1) is 9.81. The van der Waals surface area contributed by atoms with E-state index < -0.39 is 31.5 Å². The fourth-order valence-electron chi connectivity index (χ4n) is 1.62. The zero-order valence-electron chi connectivity index (χ0n) is 10.8. The third kappa shape index (κ3) is 3.16. The summed E-state index contributed by atoms with van der Waals surface area (Å²) in [5, 5.41) is 10.8. The molecule has 0 fully saturated rings. The first kappa shape index (κ1) is 14.9. The van der Waals surface area contributed by atoms with Crippen LogP contribution in [0.25, 0.3) is 0 Å². The van der Waals surface area contributed by atoms with Crippen LogP contribution in [0.1, 0.15) is 5.56 Å². The molecule has 0 saturated carbocycles. The fourth-order valence-corrected chi connectivity index (χ4v) is 2.58. The number of hydrogen-bond donors (Lipinski definition) is 0. The zero-order valence-corrected chi connectivity index (χ0v) is 11.6. The van der Waals surface area contributed by atoms with Gasteiger partial charge in [0.05, 0.1) is 4.92 Å². The van der Waals surface area contributed by atoms with Gasteiger partial charge in [0, 0.05) is 11.6 Å². The number of nitro groups is 1. The zero-order chi connectivity index (χ0) is 15.6. The molecule has 0 aliphatic rings. The van der Waals surface area contributed by atoms with Crippen molar-refractivity contribution in [2.75, 3.05) is 0 Å². The Bertz CT molecular complexity index is 804. The number of nitro benzene ring substituents is 1. The summed E-state index contributed by atoms with van der Waals surface area (Å²) in [6.07, 6.45) is 0. The van der Waals surface area contributed by atoms with E-state index in [4.69, 9.17) is 0 Å². The molecular formula is C13H10FNO5S. The van der Waals surface area contributed by atoms with Gasteiger partial charge in [0.1, 0.15) is 4.90 Å². The number of para-hydroxylation sites is 1. The van der Waals surface area contributed by atoms with Crippen molar-refractivity contribution in [3.63, 3.8) is 0 Å². The molecule has 2 aromatic rings. The van der Waals surface area contributed by atoms with Crippen molar-refractivity contribution >= 4 is 15.8 Å². The highest BCUT2D eigenvalue weighted by molar-refractivity contribution is 7.87. The Labute approximate surface area is 120 Å². The molecule has 0 unspecified atom stereocenters. The lowest BCUT2D eigenvalue weighted by Gasteiger charge is -2.08. The second kappa shape index (κ2) is 5.49. The van der Waals surface area contributed by atoms with Gasteiger partial charge in [0.2, 0.25) is 0 Å². The molecule has 0 atom stereocenters. The number of rotatable bonds is 4. The SMILES string of the molecule is Cc1ccc(S(=O)(=O)Oc2ccccc2F)cc1[N+](=O)[O-]. The van der Waals surface area contributed by atoms with E-state index in [2.05, 4.69) is 4.18 Å². The third-order valence-electron chi connectivity index (χ3n) is 2.70. The van der Waals surface area contributed by atoms with Gasteiger partial charge in [-0.2, -0.15) is 8.42 Å². The van der Waals surface area contributed by atoms with Gasteiger partial charge >= 0.3 is 10.1 Å². The molecule has 6 nitrogen and oxygen atoms in total. The minimum absolute atomic E-state index is 0.310. The van der Waals surface area contributed by atoms with Gasteiger partial charge in [-0.1, -0.05) is 18.2 Å². The molecule has 0 aliphatic heterocycles. The molecule has 2 rings (SSSR count). The molecular weight excluding hydrogens is 301 g/mol. The van der Waals surface area contributed by atoms with E-state index in [-0.39, 0.29) is 5.69 Å². The average Bonchev–Trinajstić information content (AvgIpc) is 2.41. The Morgan fingerprint density at radius 3 is 2.48 bits per heavy atom. The molecule has 0 spiro atoms. The summed E-state index contributed by atoms with van der Waals surface area (Å²) in [5.74, 6) is -1.32. The molecule has 0 radical (unpaired) electrons. The standard InChI is InChI=1S/C13H10FNO5S/c1-9-6-7-10(8-12(9)15(16)17)21(18,19)20-13-5-3-2-4-11(13)14/h2-8H,1H3. The maximum Gasteiger partial charge on any atom is 0.339 e. The van der Waals surface area contributed by atoms with Gasteiger partial charge in [0.25, 0.3) is 5.69 Å².